The molecule has 1 aliphatic carbocycles. The van der Waals surface area contributed by atoms with Crippen molar-refractivity contribution in [3.63, 3.8) is 0 Å². The molecule has 4 nitrogen and oxygen atoms in total. The molecule has 0 amide bonds. The first-order chi connectivity index (χ1) is 9.19. The van der Waals surface area contributed by atoms with Gasteiger partial charge in [0.05, 0.1) is 12.2 Å². The SMILES string of the molecule is CC1(C)CC1CNS(=O)(=O)c1ccc(F)c(CO)c1F. The Balaban J connectivity index is 2.22. The summed E-state index contributed by atoms with van der Waals surface area (Å²) in [5.41, 5.74) is -0.542. The molecule has 1 atom stereocenters. The predicted octanol–water partition coefficient (Wildman–Crippen LogP) is 1.78. The highest BCUT2D eigenvalue weighted by Crippen LogP contribution is 2.51. The second kappa shape index (κ2) is 5.05. The number of hydrogen-bond donors (Lipinski definition) is 2. The zero-order chi connectivity index (χ0) is 15.1. The summed E-state index contributed by atoms with van der Waals surface area (Å²) in [6.45, 7) is 3.37. The molecule has 20 heavy (non-hydrogen) atoms. The maximum absolute atomic E-state index is 13.9. The third-order valence-corrected chi connectivity index (χ3v) is 5.28. The van der Waals surface area contributed by atoms with Crippen LogP contribution in [0.5, 0.6) is 0 Å². The number of halogens is 2. The van der Waals surface area contributed by atoms with E-state index in [1.807, 2.05) is 13.8 Å². The molecule has 0 bridgehead atoms. The van der Waals surface area contributed by atoms with E-state index < -0.39 is 38.7 Å². The van der Waals surface area contributed by atoms with Gasteiger partial charge in [0, 0.05) is 6.54 Å². The third kappa shape index (κ3) is 2.84. The Hall–Kier alpha value is -1.05. The number of aliphatic hydroxyl groups excluding tert-OH is 1. The third-order valence-electron chi connectivity index (χ3n) is 3.84. The fourth-order valence-electron chi connectivity index (χ4n) is 2.14. The molecule has 7 heteroatoms. The van der Waals surface area contributed by atoms with Gasteiger partial charge in [-0.1, -0.05) is 13.8 Å². The van der Waals surface area contributed by atoms with E-state index in [0.717, 1.165) is 18.6 Å². The summed E-state index contributed by atoms with van der Waals surface area (Å²) < 4.78 is 53.5. The zero-order valence-electron chi connectivity index (χ0n) is 11.3. The van der Waals surface area contributed by atoms with Crippen molar-refractivity contribution in [2.24, 2.45) is 11.3 Å². The molecule has 0 saturated heterocycles. The largest absolute Gasteiger partial charge is 0.391 e. The highest BCUT2D eigenvalue weighted by molar-refractivity contribution is 7.89. The van der Waals surface area contributed by atoms with Gasteiger partial charge in [-0.3, -0.25) is 0 Å². The first-order valence-corrected chi connectivity index (χ1v) is 7.75. The van der Waals surface area contributed by atoms with Crippen molar-refractivity contribution in [3.8, 4) is 0 Å². The summed E-state index contributed by atoms with van der Waals surface area (Å²) >= 11 is 0. The lowest BCUT2D eigenvalue weighted by atomic mass is 10.1. The van der Waals surface area contributed by atoms with Crippen molar-refractivity contribution in [1.29, 1.82) is 0 Å². The average Bonchev–Trinajstić information content (AvgIpc) is 2.95. The lowest BCUT2D eigenvalue weighted by Crippen LogP contribution is -2.28. The van der Waals surface area contributed by atoms with Crippen molar-refractivity contribution >= 4 is 10.0 Å². The molecule has 0 radical (unpaired) electrons. The van der Waals surface area contributed by atoms with Gasteiger partial charge in [-0.25, -0.2) is 21.9 Å². The minimum Gasteiger partial charge on any atom is -0.391 e. The first kappa shape index (κ1) is 15.3. The second-order valence-electron chi connectivity index (χ2n) is 5.74. The average molecular weight is 305 g/mol. The van der Waals surface area contributed by atoms with Crippen LogP contribution in [-0.4, -0.2) is 20.1 Å². The molecule has 1 saturated carbocycles. The lowest BCUT2D eigenvalue weighted by molar-refractivity contribution is 0.267. The van der Waals surface area contributed by atoms with Crippen LogP contribution in [0.3, 0.4) is 0 Å². The van der Waals surface area contributed by atoms with Crippen LogP contribution in [0.25, 0.3) is 0 Å². The number of hydrogen-bond acceptors (Lipinski definition) is 3. The van der Waals surface area contributed by atoms with Crippen LogP contribution in [0.4, 0.5) is 8.78 Å². The van der Waals surface area contributed by atoms with Gasteiger partial charge in [0.1, 0.15) is 10.7 Å². The minimum absolute atomic E-state index is 0.0973. The Morgan fingerprint density at radius 1 is 1.40 bits per heavy atom. The van der Waals surface area contributed by atoms with E-state index in [2.05, 4.69) is 4.72 Å². The number of rotatable bonds is 5. The maximum Gasteiger partial charge on any atom is 0.243 e. The highest BCUT2D eigenvalue weighted by atomic mass is 32.2. The van der Waals surface area contributed by atoms with Crippen LogP contribution in [0.2, 0.25) is 0 Å². The smallest absolute Gasteiger partial charge is 0.243 e. The van der Waals surface area contributed by atoms with E-state index in [9.17, 15) is 17.2 Å². The molecule has 1 aromatic rings. The van der Waals surface area contributed by atoms with E-state index in [-0.39, 0.29) is 17.9 Å². The van der Waals surface area contributed by atoms with Crippen molar-refractivity contribution in [3.05, 3.63) is 29.3 Å². The van der Waals surface area contributed by atoms with Crippen molar-refractivity contribution in [2.75, 3.05) is 6.54 Å². The molecule has 0 heterocycles. The monoisotopic (exact) mass is 305 g/mol. The Morgan fingerprint density at radius 3 is 2.50 bits per heavy atom. The fraction of sp³-hybridized carbons (Fsp3) is 0.538. The van der Waals surface area contributed by atoms with Crippen molar-refractivity contribution < 1.29 is 22.3 Å². The molecule has 112 valence electrons. The number of aliphatic hydroxyl groups is 1. The van der Waals surface area contributed by atoms with E-state index in [0.29, 0.717) is 0 Å². The summed E-state index contributed by atoms with van der Waals surface area (Å²) in [6, 6.07) is 1.70. The zero-order valence-corrected chi connectivity index (χ0v) is 12.1. The Bertz CT molecular complexity index is 629. The molecule has 2 rings (SSSR count). The maximum atomic E-state index is 13.9. The van der Waals surface area contributed by atoms with Crippen LogP contribution in [0.15, 0.2) is 17.0 Å². The van der Waals surface area contributed by atoms with Gasteiger partial charge in [-0.15, -0.1) is 0 Å². The molecule has 1 aromatic carbocycles. The number of nitrogens with one attached hydrogen (secondary N) is 1. The fourth-order valence-corrected chi connectivity index (χ4v) is 3.32. The summed E-state index contributed by atoms with van der Waals surface area (Å²) in [5, 5.41) is 8.89. The number of benzene rings is 1. The number of sulfonamides is 1. The molecule has 0 aliphatic heterocycles. The minimum atomic E-state index is -4.05. The van der Waals surface area contributed by atoms with Crippen LogP contribution >= 0.6 is 0 Å². The lowest BCUT2D eigenvalue weighted by Gasteiger charge is -2.10. The summed E-state index contributed by atoms with van der Waals surface area (Å²) in [4.78, 5) is -0.638. The molecule has 0 aromatic heterocycles. The topological polar surface area (TPSA) is 66.4 Å². The van der Waals surface area contributed by atoms with Crippen molar-refractivity contribution in [2.45, 2.75) is 31.8 Å². The Labute approximate surface area is 116 Å². The Morgan fingerprint density at radius 2 is 2.00 bits per heavy atom. The van der Waals surface area contributed by atoms with Gasteiger partial charge in [-0.05, 0) is 29.9 Å². The molecule has 0 spiro atoms. The van der Waals surface area contributed by atoms with Crippen molar-refractivity contribution in [1.82, 2.24) is 4.72 Å². The summed E-state index contributed by atoms with van der Waals surface area (Å²) in [7, 11) is -4.05. The van der Waals surface area contributed by atoms with Crippen LogP contribution in [0.1, 0.15) is 25.8 Å². The van der Waals surface area contributed by atoms with Gasteiger partial charge < -0.3 is 5.11 Å². The van der Waals surface area contributed by atoms with Crippen LogP contribution in [-0.2, 0) is 16.6 Å². The van der Waals surface area contributed by atoms with Gasteiger partial charge in [0.15, 0.2) is 5.82 Å². The van der Waals surface area contributed by atoms with E-state index >= 15 is 0 Å². The van der Waals surface area contributed by atoms with E-state index in [4.69, 9.17) is 5.11 Å². The van der Waals surface area contributed by atoms with Gasteiger partial charge in [-0.2, -0.15) is 0 Å². The second-order valence-corrected chi connectivity index (χ2v) is 7.47. The summed E-state index contributed by atoms with van der Waals surface area (Å²) in [5.74, 6) is -1.99. The normalized spacial score (nSPS) is 20.9. The molecular weight excluding hydrogens is 288 g/mol. The molecule has 1 unspecified atom stereocenters. The molecule has 2 N–H and O–H groups in total. The quantitative estimate of drug-likeness (QED) is 0.871. The van der Waals surface area contributed by atoms with Crippen LogP contribution in [0, 0.1) is 23.0 Å². The van der Waals surface area contributed by atoms with E-state index in [1.165, 1.54) is 0 Å². The van der Waals surface area contributed by atoms with Gasteiger partial charge in [0.25, 0.3) is 0 Å². The van der Waals surface area contributed by atoms with Crippen LogP contribution < -0.4 is 4.72 Å². The standard InChI is InChI=1S/C13H17F2NO3S/c1-13(2)5-8(13)6-16-20(18,19)11-4-3-10(14)9(7-17)12(11)15/h3-4,8,16-17H,5-7H2,1-2H3. The first-order valence-electron chi connectivity index (χ1n) is 6.26. The Kier molecular flexibility index (Phi) is 3.88. The predicted molar refractivity (Wildman–Crippen MR) is 69.4 cm³/mol. The summed E-state index contributed by atoms with van der Waals surface area (Å²) in [6.07, 6.45) is 0.906. The van der Waals surface area contributed by atoms with E-state index in [1.54, 1.807) is 0 Å². The molecule has 1 fully saturated rings. The van der Waals surface area contributed by atoms with Gasteiger partial charge in [0.2, 0.25) is 10.0 Å². The highest BCUT2D eigenvalue weighted by Gasteiger charge is 2.45. The molecular formula is C13H17F2NO3S. The molecule has 1 aliphatic rings. The van der Waals surface area contributed by atoms with Gasteiger partial charge >= 0.3 is 0 Å².